The molecule has 0 aromatic carbocycles. The van der Waals surface area contributed by atoms with Crippen LogP contribution in [0.4, 0.5) is 0 Å². The summed E-state index contributed by atoms with van der Waals surface area (Å²) in [7, 11) is 0. The fraction of sp³-hybridized carbons (Fsp3) is 0.840. The third-order valence-corrected chi connectivity index (χ3v) is 18.5. The topological polar surface area (TPSA) is 149 Å². The van der Waals surface area contributed by atoms with E-state index in [1.165, 1.54) is 289 Å². The lowest BCUT2D eigenvalue weighted by Gasteiger charge is -2.40. The molecule has 90 heavy (non-hydrogen) atoms. The lowest BCUT2D eigenvalue weighted by atomic mass is 9.99. The predicted octanol–water partition coefficient (Wildman–Crippen LogP) is 22.3. The number of hydrogen-bond acceptors (Lipinski definition) is 8. The minimum Gasteiger partial charge on any atom is -0.394 e. The summed E-state index contributed by atoms with van der Waals surface area (Å²) in [6.45, 7) is 3.72. The van der Waals surface area contributed by atoms with Crippen molar-refractivity contribution in [1.82, 2.24) is 5.32 Å². The van der Waals surface area contributed by atoms with E-state index in [1.807, 2.05) is 6.08 Å². The van der Waals surface area contributed by atoms with Crippen molar-refractivity contribution < 1.29 is 39.8 Å². The molecule has 1 amide bonds. The third kappa shape index (κ3) is 57.1. The van der Waals surface area contributed by atoms with Crippen molar-refractivity contribution in [3.63, 3.8) is 0 Å². The van der Waals surface area contributed by atoms with Crippen LogP contribution in [0.1, 0.15) is 380 Å². The lowest BCUT2D eigenvalue weighted by molar-refractivity contribution is -0.302. The van der Waals surface area contributed by atoms with Crippen molar-refractivity contribution in [2.45, 2.75) is 423 Å². The number of rotatable bonds is 69. The Morgan fingerprint density at radius 3 is 1.02 bits per heavy atom. The van der Waals surface area contributed by atoms with E-state index in [0.29, 0.717) is 6.42 Å². The zero-order valence-corrected chi connectivity index (χ0v) is 59.1. The smallest absolute Gasteiger partial charge is 0.220 e. The van der Waals surface area contributed by atoms with Crippen LogP contribution in [0.3, 0.4) is 0 Å². The van der Waals surface area contributed by atoms with Crippen molar-refractivity contribution in [2.24, 2.45) is 0 Å². The summed E-state index contributed by atoms with van der Waals surface area (Å²) in [6, 6.07) is -0.808. The lowest BCUT2D eigenvalue weighted by Crippen LogP contribution is -2.60. The highest BCUT2D eigenvalue weighted by atomic mass is 16.7. The Kier molecular flexibility index (Phi) is 66.1. The second kappa shape index (κ2) is 69.5. The molecular weight excluding hydrogens is 1110 g/mol. The summed E-state index contributed by atoms with van der Waals surface area (Å²) < 4.78 is 11.3. The molecule has 0 radical (unpaired) electrons. The molecule has 526 valence electrons. The van der Waals surface area contributed by atoms with Gasteiger partial charge in [-0.3, -0.25) is 4.79 Å². The van der Waals surface area contributed by atoms with Crippen LogP contribution in [0.25, 0.3) is 0 Å². The summed E-state index contributed by atoms with van der Waals surface area (Å²) in [4.78, 5) is 13.2. The molecule has 0 aromatic heterocycles. The summed E-state index contributed by atoms with van der Waals surface area (Å²) in [5.74, 6) is -0.170. The first-order valence-electron chi connectivity index (χ1n) is 39.2. The number of carbonyl (C=O) groups excluding carboxylic acids is 1. The van der Waals surface area contributed by atoms with Crippen LogP contribution in [-0.2, 0) is 14.3 Å². The minimum atomic E-state index is -1.57. The molecule has 1 saturated heterocycles. The maximum Gasteiger partial charge on any atom is 0.220 e. The number of carbonyl (C=O) groups is 1. The van der Waals surface area contributed by atoms with Crippen LogP contribution in [0.5, 0.6) is 0 Å². The zero-order chi connectivity index (χ0) is 64.9. The second-order valence-corrected chi connectivity index (χ2v) is 27.1. The largest absolute Gasteiger partial charge is 0.394 e. The van der Waals surface area contributed by atoms with Crippen LogP contribution >= 0.6 is 0 Å². The zero-order valence-electron chi connectivity index (χ0n) is 59.1. The van der Waals surface area contributed by atoms with Gasteiger partial charge in [-0.15, -0.1) is 0 Å². The Morgan fingerprint density at radius 1 is 0.389 bits per heavy atom. The number of aliphatic hydroxyl groups excluding tert-OH is 5. The minimum absolute atomic E-state index is 0.170. The van der Waals surface area contributed by atoms with E-state index in [0.717, 1.165) is 70.6 Å². The molecule has 1 rings (SSSR count). The van der Waals surface area contributed by atoms with Crippen molar-refractivity contribution >= 4 is 5.91 Å². The first kappa shape index (κ1) is 85.6. The van der Waals surface area contributed by atoms with Crippen molar-refractivity contribution in [2.75, 3.05) is 13.2 Å². The van der Waals surface area contributed by atoms with E-state index in [2.05, 4.69) is 79.9 Å². The van der Waals surface area contributed by atoms with Gasteiger partial charge in [0.25, 0.3) is 0 Å². The van der Waals surface area contributed by atoms with Crippen LogP contribution in [0.2, 0.25) is 0 Å². The molecule has 0 bridgehead atoms. The highest BCUT2D eigenvalue weighted by Gasteiger charge is 2.44. The average molecular weight is 1270 g/mol. The van der Waals surface area contributed by atoms with Gasteiger partial charge in [0.2, 0.25) is 5.91 Å². The molecule has 0 spiro atoms. The SMILES string of the molecule is CC/C=C\C/C=C\C/C=C\C/C=C\C/C=C\CCCCCCCCCCCCCCCCCCCCCCCC(=O)NC(COC1OC(CO)C(O)C(O)C1O)C(O)/C=C/CCCCCCCCCCCCCCCCCCCCCCCCCCCCCC. The fourth-order valence-electron chi connectivity index (χ4n) is 12.5. The molecule has 1 aliphatic heterocycles. The normalized spacial score (nSPS) is 18.1. The number of unbranched alkanes of at least 4 members (excludes halogenated alkanes) is 49. The van der Waals surface area contributed by atoms with Gasteiger partial charge in [-0.1, -0.05) is 382 Å². The van der Waals surface area contributed by atoms with Crippen LogP contribution in [0.15, 0.2) is 72.9 Å². The van der Waals surface area contributed by atoms with Crippen molar-refractivity contribution in [3.05, 3.63) is 72.9 Å². The van der Waals surface area contributed by atoms with E-state index >= 15 is 0 Å². The number of ether oxygens (including phenoxy) is 2. The molecule has 0 aromatic rings. The van der Waals surface area contributed by atoms with Gasteiger partial charge >= 0.3 is 0 Å². The number of allylic oxidation sites excluding steroid dienone is 11. The van der Waals surface area contributed by atoms with Gasteiger partial charge < -0.3 is 40.3 Å². The molecule has 9 heteroatoms. The summed E-state index contributed by atoms with van der Waals surface area (Å²) in [6.07, 6.45) is 91.8. The monoisotopic (exact) mass is 1260 g/mol. The number of hydrogen-bond donors (Lipinski definition) is 6. The first-order chi connectivity index (χ1) is 44.3. The van der Waals surface area contributed by atoms with Crippen LogP contribution < -0.4 is 5.32 Å². The summed E-state index contributed by atoms with van der Waals surface area (Å²) in [5.41, 5.74) is 0. The molecule has 1 aliphatic rings. The highest BCUT2D eigenvalue weighted by molar-refractivity contribution is 5.76. The Bertz CT molecular complexity index is 1660. The van der Waals surface area contributed by atoms with Crippen molar-refractivity contribution in [1.29, 1.82) is 0 Å². The van der Waals surface area contributed by atoms with Crippen molar-refractivity contribution in [3.8, 4) is 0 Å². The molecule has 1 heterocycles. The van der Waals surface area contributed by atoms with Crippen LogP contribution in [0, 0.1) is 0 Å². The molecule has 6 N–H and O–H groups in total. The molecular formula is C81H149NO8. The van der Waals surface area contributed by atoms with E-state index in [9.17, 15) is 30.3 Å². The molecule has 0 saturated carbocycles. The van der Waals surface area contributed by atoms with Gasteiger partial charge in [-0.05, 0) is 64.2 Å². The van der Waals surface area contributed by atoms with E-state index in [4.69, 9.17) is 9.47 Å². The molecule has 1 fully saturated rings. The molecule has 7 unspecified atom stereocenters. The maximum atomic E-state index is 13.2. The van der Waals surface area contributed by atoms with E-state index < -0.39 is 49.5 Å². The summed E-state index contributed by atoms with van der Waals surface area (Å²) >= 11 is 0. The highest BCUT2D eigenvalue weighted by Crippen LogP contribution is 2.24. The van der Waals surface area contributed by atoms with Gasteiger partial charge in [0.15, 0.2) is 6.29 Å². The van der Waals surface area contributed by atoms with E-state index in [-0.39, 0.29) is 12.5 Å². The predicted molar refractivity (Wildman–Crippen MR) is 387 cm³/mol. The summed E-state index contributed by atoms with van der Waals surface area (Å²) in [5, 5.41) is 54.9. The Labute approximate surface area is 557 Å². The molecule has 9 nitrogen and oxygen atoms in total. The molecule has 0 aliphatic carbocycles. The van der Waals surface area contributed by atoms with Gasteiger partial charge in [0.1, 0.15) is 24.4 Å². The molecule has 7 atom stereocenters. The number of amides is 1. The first-order valence-corrected chi connectivity index (χ1v) is 39.2. The van der Waals surface area contributed by atoms with Gasteiger partial charge in [-0.2, -0.15) is 0 Å². The Hall–Kier alpha value is -2.37. The standard InChI is InChI=1S/C81H149NO8/c1-3-5-7-9-11-13-15-17-19-21-23-25-27-29-31-33-35-36-37-38-39-40-41-43-45-47-49-51-53-55-57-59-61-63-65-67-69-71-77(85)82-74(73-89-81-80(88)79(87)78(86)76(72-83)90-81)75(84)70-68-66-64-62-60-58-56-54-52-50-48-46-44-42-34-32-30-28-26-24-22-20-18-16-14-12-10-8-6-4-2/h5,7,11,13,17,19,23,25,29,31,68,70,74-76,78-81,83-84,86-88H,3-4,6,8-10,12,14-16,18,20-22,24,26-28,30,32-67,69,71-73H2,1-2H3,(H,82,85)/b7-5-,13-11-,19-17-,25-23-,31-29-,70-68+. The average Bonchev–Trinajstić information content (AvgIpc) is 1.28. The van der Waals surface area contributed by atoms with Gasteiger partial charge in [0, 0.05) is 6.42 Å². The Morgan fingerprint density at radius 2 is 0.689 bits per heavy atom. The van der Waals surface area contributed by atoms with Gasteiger partial charge in [-0.25, -0.2) is 0 Å². The van der Waals surface area contributed by atoms with E-state index in [1.54, 1.807) is 6.08 Å². The maximum absolute atomic E-state index is 13.2. The number of nitrogens with one attached hydrogen (secondary N) is 1. The second-order valence-electron chi connectivity index (χ2n) is 27.1. The number of aliphatic hydroxyl groups is 5. The van der Waals surface area contributed by atoms with Crippen LogP contribution in [-0.4, -0.2) is 87.5 Å². The van der Waals surface area contributed by atoms with Gasteiger partial charge in [0.05, 0.1) is 25.4 Å². The quantitative estimate of drug-likeness (QED) is 0.0261. The fourth-order valence-corrected chi connectivity index (χ4v) is 12.5. The Balaban J connectivity index is 2.07. The third-order valence-electron chi connectivity index (χ3n) is 18.5.